The first-order valence-corrected chi connectivity index (χ1v) is 7.93. The summed E-state index contributed by atoms with van der Waals surface area (Å²) in [4.78, 5) is -0.313. The average molecular weight is 342 g/mol. The summed E-state index contributed by atoms with van der Waals surface area (Å²) in [5, 5.41) is 2.02. The topological polar surface area (TPSA) is 58.5 Å². The van der Waals surface area contributed by atoms with Gasteiger partial charge >= 0.3 is 6.18 Å². The molecule has 122 valence electrons. The molecule has 0 aliphatic carbocycles. The molecule has 0 spiro atoms. The van der Waals surface area contributed by atoms with E-state index in [-0.39, 0.29) is 10.6 Å². The van der Waals surface area contributed by atoms with Crippen LogP contribution in [0.3, 0.4) is 0 Å². The van der Waals surface area contributed by atoms with Crippen LogP contribution in [0.4, 0.5) is 18.9 Å². The first-order chi connectivity index (χ1) is 10.7. The Hall–Kier alpha value is -2.35. The molecule has 0 saturated heterocycles. The van der Waals surface area contributed by atoms with Crippen molar-refractivity contribution in [1.82, 2.24) is 0 Å². The van der Waals surface area contributed by atoms with Crippen LogP contribution in [0, 0.1) is 6.92 Å². The van der Waals surface area contributed by atoms with Crippen molar-refractivity contribution in [3.63, 3.8) is 0 Å². The summed E-state index contributed by atoms with van der Waals surface area (Å²) in [5.74, 6) is -1.59. The summed E-state index contributed by atoms with van der Waals surface area (Å²) in [5.41, 5.74) is 0.952. The quantitative estimate of drug-likeness (QED) is 0.682. The molecule has 0 aromatic heterocycles. The normalized spacial score (nSPS) is 13.0. The van der Waals surface area contributed by atoms with Crippen molar-refractivity contribution >= 4 is 21.5 Å². The molecule has 2 rings (SSSR count). The lowest BCUT2D eigenvalue weighted by atomic mass is 10.2. The number of hydrogen-bond acceptors (Lipinski definition) is 2. The number of amidine groups is 1. The number of aryl methyl sites for hydroxylation is 1. The number of nitrogens with zero attached hydrogens (tertiary/aromatic N) is 1. The zero-order valence-corrected chi connectivity index (χ0v) is 12.8. The molecule has 8 heteroatoms. The predicted octanol–water partition coefficient (Wildman–Crippen LogP) is 3.76. The van der Waals surface area contributed by atoms with E-state index in [4.69, 9.17) is 0 Å². The third-order valence-corrected chi connectivity index (χ3v) is 4.13. The summed E-state index contributed by atoms with van der Waals surface area (Å²) in [6.07, 6.45) is -4.94. The molecular weight excluding hydrogens is 329 g/mol. The van der Waals surface area contributed by atoms with Crippen LogP contribution in [0.1, 0.15) is 5.56 Å². The molecule has 2 aromatic rings. The van der Waals surface area contributed by atoms with Crippen LogP contribution in [-0.2, 0) is 10.0 Å². The van der Waals surface area contributed by atoms with E-state index in [0.29, 0.717) is 0 Å². The molecule has 0 atom stereocenters. The van der Waals surface area contributed by atoms with Crippen molar-refractivity contribution in [3.8, 4) is 0 Å². The molecule has 0 saturated carbocycles. The zero-order chi connectivity index (χ0) is 17.1. The molecule has 0 aliphatic heterocycles. The van der Waals surface area contributed by atoms with Gasteiger partial charge < -0.3 is 5.32 Å². The molecule has 0 bridgehead atoms. The van der Waals surface area contributed by atoms with Crippen molar-refractivity contribution in [3.05, 3.63) is 60.2 Å². The van der Waals surface area contributed by atoms with E-state index in [2.05, 4.69) is 4.40 Å². The Morgan fingerprint density at radius 3 is 2.09 bits per heavy atom. The van der Waals surface area contributed by atoms with Gasteiger partial charge in [0.15, 0.2) is 0 Å². The molecule has 23 heavy (non-hydrogen) atoms. The van der Waals surface area contributed by atoms with Gasteiger partial charge in [-0.15, -0.1) is 4.40 Å². The lowest BCUT2D eigenvalue weighted by molar-refractivity contribution is -0.0585. The maximum Gasteiger partial charge on any atom is 0.450 e. The summed E-state index contributed by atoms with van der Waals surface area (Å²) < 4.78 is 66.2. The van der Waals surface area contributed by atoms with Crippen LogP contribution in [0.25, 0.3) is 0 Å². The van der Waals surface area contributed by atoms with Crippen LogP contribution in [-0.4, -0.2) is 20.4 Å². The summed E-state index contributed by atoms with van der Waals surface area (Å²) >= 11 is 0. The highest BCUT2D eigenvalue weighted by molar-refractivity contribution is 7.90. The van der Waals surface area contributed by atoms with E-state index in [9.17, 15) is 21.6 Å². The first-order valence-electron chi connectivity index (χ1n) is 6.49. The fourth-order valence-electron chi connectivity index (χ4n) is 1.68. The number of sulfonamides is 1. The highest BCUT2D eigenvalue weighted by atomic mass is 32.2. The minimum atomic E-state index is -4.94. The molecule has 0 radical (unpaired) electrons. The van der Waals surface area contributed by atoms with Crippen LogP contribution in [0.15, 0.2) is 63.9 Å². The van der Waals surface area contributed by atoms with E-state index < -0.39 is 22.0 Å². The molecule has 0 amide bonds. The van der Waals surface area contributed by atoms with E-state index >= 15 is 0 Å². The standard InChI is InChI=1S/C15H13F3N2O2S/c1-11-7-9-12(10-8-11)19-14(15(16,17)18)20-23(21,22)13-5-3-2-4-6-13/h2-10H,1H3,(H,19,20). The molecule has 0 heterocycles. The average Bonchev–Trinajstić information content (AvgIpc) is 2.48. The predicted molar refractivity (Wildman–Crippen MR) is 81.9 cm³/mol. The van der Waals surface area contributed by atoms with Gasteiger partial charge in [-0.3, -0.25) is 0 Å². The van der Waals surface area contributed by atoms with E-state index in [0.717, 1.165) is 5.56 Å². The monoisotopic (exact) mass is 342 g/mol. The van der Waals surface area contributed by atoms with Gasteiger partial charge in [0.05, 0.1) is 4.90 Å². The number of hydrogen-bond donors (Lipinski definition) is 1. The highest BCUT2D eigenvalue weighted by Crippen LogP contribution is 2.22. The largest absolute Gasteiger partial charge is 0.450 e. The fraction of sp³-hybridized carbons (Fsp3) is 0.133. The van der Waals surface area contributed by atoms with Crippen LogP contribution in [0.5, 0.6) is 0 Å². The number of anilines is 1. The molecule has 2 aromatic carbocycles. The smallest absolute Gasteiger partial charge is 0.335 e. The maximum atomic E-state index is 13.1. The molecule has 0 unspecified atom stereocenters. The van der Waals surface area contributed by atoms with Gasteiger partial charge in [0, 0.05) is 5.69 Å². The Labute approximate surface area is 131 Å². The van der Waals surface area contributed by atoms with Gasteiger partial charge in [-0.25, -0.2) is 0 Å². The maximum absolute atomic E-state index is 13.1. The number of benzene rings is 2. The SMILES string of the molecule is Cc1ccc(NC(=NS(=O)(=O)c2ccccc2)C(F)(F)F)cc1. The summed E-state index contributed by atoms with van der Waals surface area (Å²) in [6.45, 7) is 1.78. The highest BCUT2D eigenvalue weighted by Gasteiger charge is 2.38. The molecule has 0 fully saturated rings. The molecule has 1 N–H and O–H groups in total. The molecule has 4 nitrogen and oxygen atoms in total. The second-order valence-electron chi connectivity index (χ2n) is 4.72. The number of nitrogens with one attached hydrogen (secondary N) is 1. The second-order valence-corrected chi connectivity index (χ2v) is 6.32. The Morgan fingerprint density at radius 1 is 1.00 bits per heavy atom. The Morgan fingerprint density at radius 2 is 1.57 bits per heavy atom. The number of rotatable bonds is 3. The second kappa shape index (κ2) is 6.41. The van der Waals surface area contributed by atoms with E-state index in [1.165, 1.54) is 36.4 Å². The molecule has 0 aliphatic rings. The van der Waals surface area contributed by atoms with Crippen LogP contribution >= 0.6 is 0 Å². The Bertz CT molecular complexity index is 799. The summed E-state index contributed by atoms with van der Waals surface area (Å²) in [6, 6.07) is 12.7. The van der Waals surface area contributed by atoms with Gasteiger partial charge in [0.1, 0.15) is 0 Å². The number of alkyl halides is 3. The third-order valence-electron chi connectivity index (χ3n) is 2.84. The van der Waals surface area contributed by atoms with Gasteiger partial charge in [-0.1, -0.05) is 35.9 Å². The van der Waals surface area contributed by atoms with Gasteiger partial charge in [0.25, 0.3) is 10.0 Å². The lowest BCUT2D eigenvalue weighted by Gasteiger charge is -2.13. The minimum absolute atomic E-state index is 0.0925. The Balaban J connectivity index is 2.41. The summed E-state index contributed by atoms with van der Waals surface area (Å²) in [7, 11) is -4.47. The van der Waals surface area contributed by atoms with Crippen molar-refractivity contribution in [2.75, 3.05) is 5.32 Å². The third kappa shape index (κ3) is 4.56. The van der Waals surface area contributed by atoms with Crippen molar-refractivity contribution in [2.24, 2.45) is 4.40 Å². The van der Waals surface area contributed by atoms with E-state index in [1.54, 1.807) is 25.1 Å². The van der Waals surface area contributed by atoms with Crippen LogP contribution < -0.4 is 5.32 Å². The Kier molecular flexibility index (Phi) is 4.74. The zero-order valence-electron chi connectivity index (χ0n) is 12.0. The van der Waals surface area contributed by atoms with Crippen molar-refractivity contribution in [1.29, 1.82) is 0 Å². The lowest BCUT2D eigenvalue weighted by Crippen LogP contribution is -2.31. The first kappa shape index (κ1) is 17.0. The van der Waals surface area contributed by atoms with E-state index in [1.807, 2.05) is 5.32 Å². The van der Waals surface area contributed by atoms with Gasteiger partial charge in [-0.05, 0) is 31.2 Å². The van der Waals surface area contributed by atoms with Crippen molar-refractivity contribution in [2.45, 2.75) is 18.0 Å². The van der Waals surface area contributed by atoms with Gasteiger partial charge in [0.2, 0.25) is 5.84 Å². The minimum Gasteiger partial charge on any atom is -0.335 e. The van der Waals surface area contributed by atoms with Crippen molar-refractivity contribution < 1.29 is 21.6 Å². The fourth-order valence-corrected chi connectivity index (χ4v) is 2.68. The van der Waals surface area contributed by atoms with Crippen LogP contribution in [0.2, 0.25) is 0 Å². The van der Waals surface area contributed by atoms with Gasteiger partial charge in [-0.2, -0.15) is 21.6 Å². The molecular formula is C15H13F3N2O2S. The number of halogens is 3.